The average Bonchev–Trinajstić information content (AvgIpc) is 3.07. The van der Waals surface area contributed by atoms with Crippen molar-refractivity contribution in [2.45, 2.75) is 17.9 Å². The lowest BCUT2D eigenvalue weighted by molar-refractivity contribution is -0.679. The zero-order valence-electron chi connectivity index (χ0n) is 12.1. The molecular weight excluding hydrogens is 260 g/mol. The van der Waals surface area contributed by atoms with Crippen molar-refractivity contribution in [1.29, 1.82) is 0 Å². The van der Waals surface area contributed by atoms with Crippen LogP contribution in [-0.2, 0) is 10.2 Å². The second-order valence-electron chi connectivity index (χ2n) is 6.02. The van der Waals surface area contributed by atoms with Gasteiger partial charge < -0.3 is 10.2 Å². The number of amides is 1. The highest BCUT2D eigenvalue weighted by Gasteiger charge is 2.60. The molecule has 1 saturated heterocycles. The van der Waals surface area contributed by atoms with Gasteiger partial charge in [-0.25, -0.2) is 0 Å². The first-order valence-corrected chi connectivity index (χ1v) is 7.51. The van der Waals surface area contributed by atoms with Gasteiger partial charge in [-0.3, -0.25) is 4.79 Å². The number of nitrogens with zero attached hydrogens (tertiary/aromatic N) is 1. The SMILES string of the molecule is CN1C(=O)[C@@]2(CC[NH2+][C@@H]2c2ccccc2)c2ccccc21. The molecule has 21 heavy (non-hydrogen) atoms. The van der Waals surface area contributed by atoms with Gasteiger partial charge in [0.2, 0.25) is 5.91 Å². The number of carbonyl (C=O) groups excluding carboxylic acids is 1. The summed E-state index contributed by atoms with van der Waals surface area (Å²) in [6.07, 6.45) is 0.909. The molecule has 3 heteroatoms. The number of rotatable bonds is 1. The normalized spacial score (nSPS) is 27.4. The Bertz CT molecular complexity index is 697. The van der Waals surface area contributed by atoms with Crippen LogP contribution in [-0.4, -0.2) is 19.5 Å². The van der Waals surface area contributed by atoms with Gasteiger partial charge in [0.15, 0.2) is 0 Å². The molecule has 2 atom stereocenters. The first-order valence-electron chi connectivity index (χ1n) is 7.51. The average molecular weight is 279 g/mol. The number of fused-ring (bicyclic) bond motifs is 2. The minimum Gasteiger partial charge on any atom is -0.339 e. The van der Waals surface area contributed by atoms with Crippen LogP contribution in [0, 0.1) is 0 Å². The molecule has 1 spiro atoms. The van der Waals surface area contributed by atoms with Crippen LogP contribution in [0.25, 0.3) is 0 Å². The van der Waals surface area contributed by atoms with E-state index in [1.807, 2.05) is 30.1 Å². The van der Waals surface area contributed by atoms with Crippen LogP contribution in [0.2, 0.25) is 0 Å². The third kappa shape index (κ3) is 1.55. The fourth-order valence-electron chi connectivity index (χ4n) is 4.12. The van der Waals surface area contributed by atoms with Gasteiger partial charge in [-0.15, -0.1) is 0 Å². The van der Waals surface area contributed by atoms with Gasteiger partial charge in [-0.1, -0.05) is 48.5 Å². The van der Waals surface area contributed by atoms with Crippen molar-refractivity contribution in [2.75, 3.05) is 18.5 Å². The van der Waals surface area contributed by atoms with Gasteiger partial charge >= 0.3 is 0 Å². The van der Waals surface area contributed by atoms with Crippen molar-refractivity contribution in [3.63, 3.8) is 0 Å². The molecule has 2 aromatic rings. The lowest BCUT2D eigenvalue weighted by atomic mass is 9.73. The highest BCUT2D eigenvalue weighted by Crippen LogP contribution is 2.50. The highest BCUT2D eigenvalue weighted by atomic mass is 16.2. The van der Waals surface area contributed by atoms with Gasteiger partial charge in [0.25, 0.3) is 0 Å². The number of nitrogens with two attached hydrogens (primary N) is 1. The summed E-state index contributed by atoms with van der Waals surface area (Å²) in [5, 5.41) is 2.32. The Morgan fingerprint density at radius 2 is 1.81 bits per heavy atom. The molecule has 0 radical (unpaired) electrons. The van der Waals surface area contributed by atoms with Crippen LogP contribution >= 0.6 is 0 Å². The highest BCUT2D eigenvalue weighted by molar-refractivity contribution is 6.08. The summed E-state index contributed by atoms with van der Waals surface area (Å²) in [7, 11) is 1.90. The van der Waals surface area contributed by atoms with Crippen LogP contribution in [0.1, 0.15) is 23.6 Å². The van der Waals surface area contributed by atoms with E-state index in [4.69, 9.17) is 0 Å². The van der Waals surface area contributed by atoms with Gasteiger partial charge in [0, 0.05) is 24.7 Å². The maximum Gasteiger partial charge on any atom is 0.244 e. The molecule has 0 unspecified atom stereocenters. The topological polar surface area (TPSA) is 36.9 Å². The minimum absolute atomic E-state index is 0.178. The van der Waals surface area contributed by atoms with E-state index in [0.717, 1.165) is 18.7 Å². The van der Waals surface area contributed by atoms with Gasteiger partial charge in [-0.05, 0) is 11.6 Å². The Morgan fingerprint density at radius 3 is 2.62 bits per heavy atom. The second-order valence-corrected chi connectivity index (χ2v) is 6.02. The van der Waals surface area contributed by atoms with Crippen molar-refractivity contribution in [3.8, 4) is 0 Å². The van der Waals surface area contributed by atoms with Crippen molar-refractivity contribution < 1.29 is 10.1 Å². The molecular formula is C18H19N2O+. The third-order valence-corrected chi connectivity index (χ3v) is 5.06. The molecule has 2 heterocycles. The van der Waals surface area contributed by atoms with Crippen LogP contribution in [0.4, 0.5) is 5.69 Å². The third-order valence-electron chi connectivity index (χ3n) is 5.06. The summed E-state index contributed by atoms with van der Waals surface area (Å²) in [4.78, 5) is 14.9. The van der Waals surface area contributed by atoms with E-state index in [1.165, 1.54) is 11.1 Å². The number of anilines is 1. The molecule has 0 bridgehead atoms. The van der Waals surface area contributed by atoms with Crippen LogP contribution in [0.3, 0.4) is 0 Å². The van der Waals surface area contributed by atoms with Crippen LogP contribution < -0.4 is 10.2 Å². The first-order chi connectivity index (χ1) is 10.2. The number of benzene rings is 2. The number of hydrogen-bond donors (Lipinski definition) is 1. The summed E-state index contributed by atoms with van der Waals surface area (Å²) >= 11 is 0. The minimum atomic E-state index is -0.396. The number of para-hydroxylation sites is 1. The standard InChI is InChI=1S/C18H18N2O/c1-20-15-10-6-5-9-14(15)18(17(20)21)11-12-19-16(18)13-7-3-2-4-8-13/h2-10,16,19H,11-12H2,1H3/p+1/t16-,18+/m1/s1. The largest absolute Gasteiger partial charge is 0.339 e. The first kappa shape index (κ1) is 12.6. The molecule has 2 aliphatic rings. The summed E-state index contributed by atoms with van der Waals surface area (Å²) < 4.78 is 0. The van der Waals surface area contributed by atoms with Gasteiger partial charge in [0.1, 0.15) is 11.5 Å². The lowest BCUT2D eigenvalue weighted by Crippen LogP contribution is -2.83. The lowest BCUT2D eigenvalue weighted by Gasteiger charge is -2.27. The van der Waals surface area contributed by atoms with E-state index in [1.54, 1.807) is 0 Å². The fraction of sp³-hybridized carbons (Fsp3) is 0.278. The van der Waals surface area contributed by atoms with Gasteiger partial charge in [-0.2, -0.15) is 0 Å². The maximum absolute atomic E-state index is 13.1. The Labute approximate surface area is 124 Å². The molecule has 2 N–H and O–H groups in total. The molecule has 1 fully saturated rings. The Kier molecular flexibility index (Phi) is 2.66. The van der Waals surface area contributed by atoms with Crippen LogP contribution in [0.5, 0.6) is 0 Å². The quantitative estimate of drug-likeness (QED) is 0.846. The Balaban J connectivity index is 1.92. The van der Waals surface area contributed by atoms with Gasteiger partial charge in [0.05, 0.1) is 6.54 Å². The summed E-state index contributed by atoms with van der Waals surface area (Å²) in [6, 6.07) is 18.9. The number of carbonyl (C=O) groups is 1. The summed E-state index contributed by atoms with van der Waals surface area (Å²) in [5.74, 6) is 0.242. The molecule has 0 saturated carbocycles. The second kappa shape index (κ2) is 4.43. The van der Waals surface area contributed by atoms with Crippen molar-refractivity contribution in [1.82, 2.24) is 0 Å². The van der Waals surface area contributed by atoms with Crippen molar-refractivity contribution >= 4 is 11.6 Å². The van der Waals surface area contributed by atoms with E-state index >= 15 is 0 Å². The predicted octanol–water partition coefficient (Wildman–Crippen LogP) is 1.61. The van der Waals surface area contributed by atoms with E-state index in [0.29, 0.717) is 0 Å². The smallest absolute Gasteiger partial charge is 0.244 e. The van der Waals surface area contributed by atoms with E-state index in [2.05, 4.69) is 41.7 Å². The molecule has 1 amide bonds. The maximum atomic E-state index is 13.1. The zero-order valence-corrected chi connectivity index (χ0v) is 12.1. The molecule has 4 rings (SSSR count). The molecule has 2 aliphatic heterocycles. The van der Waals surface area contributed by atoms with Crippen molar-refractivity contribution in [2.24, 2.45) is 0 Å². The molecule has 0 aromatic heterocycles. The molecule has 106 valence electrons. The molecule has 0 aliphatic carbocycles. The predicted molar refractivity (Wildman–Crippen MR) is 82.1 cm³/mol. The fourth-order valence-corrected chi connectivity index (χ4v) is 4.12. The van der Waals surface area contributed by atoms with Crippen LogP contribution in [0.15, 0.2) is 54.6 Å². The molecule has 2 aromatic carbocycles. The molecule has 3 nitrogen and oxygen atoms in total. The Hall–Kier alpha value is -2.13. The van der Waals surface area contributed by atoms with E-state index in [-0.39, 0.29) is 11.9 Å². The zero-order chi connectivity index (χ0) is 14.4. The van der Waals surface area contributed by atoms with E-state index in [9.17, 15) is 4.79 Å². The number of quaternary nitrogens is 1. The summed E-state index contributed by atoms with van der Waals surface area (Å²) in [5.41, 5.74) is 3.11. The van der Waals surface area contributed by atoms with Crippen molar-refractivity contribution in [3.05, 3.63) is 65.7 Å². The van der Waals surface area contributed by atoms with E-state index < -0.39 is 5.41 Å². The Morgan fingerprint density at radius 1 is 1.10 bits per heavy atom. The number of likely N-dealkylation sites (N-methyl/N-ethyl adjacent to an activating group) is 1. The number of hydrogen-bond acceptors (Lipinski definition) is 1. The monoisotopic (exact) mass is 279 g/mol. The summed E-state index contributed by atoms with van der Waals surface area (Å²) in [6.45, 7) is 0.994.